The van der Waals surface area contributed by atoms with Gasteiger partial charge >= 0.3 is 0 Å². The van der Waals surface area contributed by atoms with Gasteiger partial charge in [-0.15, -0.1) is 23.5 Å². The molecule has 0 unspecified atom stereocenters. The van der Waals surface area contributed by atoms with E-state index in [0.29, 0.717) is 16.1 Å². The molecule has 0 spiro atoms. The first kappa shape index (κ1) is 17.6. The fourth-order valence-electron chi connectivity index (χ4n) is 2.18. The molecule has 0 bridgehead atoms. The minimum Gasteiger partial charge on any atom is -0.484 e. The van der Waals surface area contributed by atoms with Crippen molar-refractivity contribution in [3.05, 3.63) is 52.6 Å². The number of rotatable bonds is 5. The topological polar surface area (TPSA) is 51.2 Å². The number of halogens is 1. The maximum absolute atomic E-state index is 11.9. The van der Waals surface area contributed by atoms with Crippen molar-refractivity contribution in [1.29, 1.82) is 0 Å². The third kappa shape index (κ3) is 5.16. The molecule has 1 aromatic carbocycles. The van der Waals surface area contributed by atoms with Gasteiger partial charge in [-0.05, 0) is 63.7 Å². The number of carbonyl (C=O) groups excluding carboxylic acids is 1. The van der Waals surface area contributed by atoms with Crippen molar-refractivity contribution in [2.75, 3.05) is 23.4 Å². The summed E-state index contributed by atoms with van der Waals surface area (Å²) in [7, 11) is 0. The van der Waals surface area contributed by atoms with Crippen LogP contribution in [0.2, 0.25) is 0 Å². The number of anilines is 1. The summed E-state index contributed by atoms with van der Waals surface area (Å²) < 4.78 is 6.92. The molecule has 1 aliphatic heterocycles. The number of ether oxygens (including phenoxy) is 1. The van der Waals surface area contributed by atoms with Crippen molar-refractivity contribution in [1.82, 2.24) is 4.98 Å². The molecule has 1 amide bonds. The summed E-state index contributed by atoms with van der Waals surface area (Å²) >= 11 is 7.29. The Morgan fingerprint density at radius 2 is 1.96 bits per heavy atom. The molecule has 0 atom stereocenters. The van der Waals surface area contributed by atoms with Gasteiger partial charge in [0, 0.05) is 10.7 Å². The molecule has 2 heterocycles. The van der Waals surface area contributed by atoms with Gasteiger partial charge in [0.2, 0.25) is 0 Å². The lowest BCUT2D eigenvalue weighted by Gasteiger charge is -2.21. The number of benzene rings is 1. The van der Waals surface area contributed by atoms with Crippen LogP contribution < -0.4 is 10.1 Å². The number of pyridine rings is 1. The molecule has 24 heavy (non-hydrogen) atoms. The Balaban J connectivity index is 1.49. The largest absolute Gasteiger partial charge is 0.484 e. The van der Waals surface area contributed by atoms with Gasteiger partial charge in [-0.1, -0.05) is 12.1 Å². The average Bonchev–Trinajstić information content (AvgIpc) is 2.63. The Hall–Kier alpha value is -1.18. The van der Waals surface area contributed by atoms with E-state index in [2.05, 4.69) is 38.4 Å². The molecule has 0 saturated carbocycles. The zero-order valence-electron chi connectivity index (χ0n) is 12.9. The van der Waals surface area contributed by atoms with Crippen LogP contribution in [0, 0.1) is 0 Å². The van der Waals surface area contributed by atoms with Crippen LogP contribution in [0.1, 0.15) is 16.6 Å². The Morgan fingerprint density at radius 1 is 1.21 bits per heavy atom. The van der Waals surface area contributed by atoms with E-state index >= 15 is 0 Å². The second-order valence-electron chi connectivity index (χ2n) is 5.19. The third-order valence-corrected chi connectivity index (χ3v) is 6.83. The molecule has 3 rings (SSSR count). The number of nitrogens with one attached hydrogen (secondary N) is 1. The summed E-state index contributed by atoms with van der Waals surface area (Å²) in [6, 6.07) is 11.6. The fourth-order valence-corrected chi connectivity index (χ4v) is 5.31. The molecule has 0 radical (unpaired) electrons. The number of carbonyl (C=O) groups is 1. The van der Waals surface area contributed by atoms with Crippen LogP contribution in [0.15, 0.2) is 47.1 Å². The van der Waals surface area contributed by atoms with Gasteiger partial charge in [-0.25, -0.2) is 4.98 Å². The normalized spacial score (nSPS) is 15.0. The minimum atomic E-state index is -0.229. The van der Waals surface area contributed by atoms with Gasteiger partial charge in [-0.2, -0.15) is 0 Å². The highest BCUT2D eigenvalue weighted by molar-refractivity contribution is 9.10. The standard InChI is InChI=1S/C17H17BrN2O2S2/c18-13-4-7-15(19-10-13)20-16(21)11-22-14-5-2-12(3-6-14)17-23-8-1-9-24-17/h2-7,10,17H,1,8-9,11H2,(H,19,20,21). The van der Waals surface area contributed by atoms with Gasteiger partial charge in [0.05, 0.1) is 4.58 Å². The molecule has 1 fully saturated rings. The first-order valence-corrected chi connectivity index (χ1v) is 10.5. The first-order valence-electron chi connectivity index (χ1n) is 7.58. The molecule has 0 aliphatic carbocycles. The lowest BCUT2D eigenvalue weighted by Crippen LogP contribution is -2.20. The van der Waals surface area contributed by atoms with E-state index in [4.69, 9.17) is 4.74 Å². The van der Waals surface area contributed by atoms with E-state index in [0.717, 1.165) is 4.47 Å². The second kappa shape index (κ2) is 8.78. The fraction of sp³-hybridized carbons (Fsp3) is 0.294. The van der Waals surface area contributed by atoms with E-state index in [9.17, 15) is 4.79 Å². The van der Waals surface area contributed by atoms with Crippen LogP contribution in [0.5, 0.6) is 5.75 Å². The number of hydrogen-bond donors (Lipinski definition) is 1. The number of amides is 1. The second-order valence-corrected chi connectivity index (χ2v) is 8.83. The Labute approximate surface area is 158 Å². The number of nitrogens with zero attached hydrogens (tertiary/aromatic N) is 1. The average molecular weight is 425 g/mol. The van der Waals surface area contributed by atoms with E-state index < -0.39 is 0 Å². The lowest BCUT2D eigenvalue weighted by atomic mass is 10.2. The Kier molecular flexibility index (Phi) is 6.45. The maximum atomic E-state index is 11.9. The number of thioether (sulfide) groups is 2. The van der Waals surface area contributed by atoms with E-state index in [-0.39, 0.29) is 12.5 Å². The van der Waals surface area contributed by atoms with Crippen molar-refractivity contribution in [3.8, 4) is 5.75 Å². The third-order valence-electron chi connectivity index (χ3n) is 3.34. The molecule has 1 saturated heterocycles. The Bertz CT molecular complexity index is 674. The summed E-state index contributed by atoms with van der Waals surface area (Å²) in [4.78, 5) is 16.0. The minimum absolute atomic E-state index is 0.0377. The highest BCUT2D eigenvalue weighted by atomic mass is 79.9. The van der Waals surface area contributed by atoms with Crippen LogP contribution in [0.4, 0.5) is 5.82 Å². The highest BCUT2D eigenvalue weighted by Gasteiger charge is 2.16. The summed E-state index contributed by atoms with van der Waals surface area (Å²) in [5.41, 5.74) is 1.31. The highest BCUT2D eigenvalue weighted by Crippen LogP contribution is 2.43. The summed E-state index contributed by atoms with van der Waals surface area (Å²) in [6.45, 7) is -0.0377. The molecular weight excluding hydrogens is 408 g/mol. The van der Waals surface area contributed by atoms with Gasteiger partial charge < -0.3 is 10.1 Å². The molecule has 4 nitrogen and oxygen atoms in total. The quantitative estimate of drug-likeness (QED) is 0.751. The van der Waals surface area contributed by atoms with Gasteiger partial charge in [0.1, 0.15) is 11.6 Å². The smallest absolute Gasteiger partial charge is 0.263 e. The lowest BCUT2D eigenvalue weighted by molar-refractivity contribution is -0.118. The summed E-state index contributed by atoms with van der Waals surface area (Å²) in [6.07, 6.45) is 2.92. The monoisotopic (exact) mass is 424 g/mol. The molecule has 2 aromatic rings. The van der Waals surface area contributed by atoms with Crippen molar-refractivity contribution < 1.29 is 9.53 Å². The predicted molar refractivity (Wildman–Crippen MR) is 105 cm³/mol. The van der Waals surface area contributed by atoms with E-state index in [1.54, 1.807) is 12.3 Å². The van der Waals surface area contributed by atoms with Crippen LogP contribution in [-0.2, 0) is 4.79 Å². The predicted octanol–water partition coefficient (Wildman–Crippen LogP) is 4.73. The van der Waals surface area contributed by atoms with E-state index in [1.165, 1.54) is 23.5 Å². The van der Waals surface area contributed by atoms with Gasteiger partial charge in [0.15, 0.2) is 6.61 Å². The van der Waals surface area contributed by atoms with Crippen LogP contribution in [-0.4, -0.2) is 29.0 Å². The van der Waals surface area contributed by atoms with Crippen LogP contribution in [0.3, 0.4) is 0 Å². The first-order chi connectivity index (χ1) is 11.7. The van der Waals surface area contributed by atoms with Crippen molar-refractivity contribution in [2.45, 2.75) is 11.0 Å². The zero-order chi connectivity index (χ0) is 16.8. The van der Waals surface area contributed by atoms with Crippen LogP contribution in [0.25, 0.3) is 0 Å². The SMILES string of the molecule is O=C(COc1ccc(C2SCCCS2)cc1)Nc1ccc(Br)cn1. The van der Waals surface area contributed by atoms with Gasteiger partial charge in [-0.3, -0.25) is 4.79 Å². The number of aromatic nitrogens is 1. The molecule has 126 valence electrons. The van der Waals surface area contributed by atoms with Crippen LogP contribution >= 0.6 is 39.5 Å². The van der Waals surface area contributed by atoms with Crippen molar-refractivity contribution >= 4 is 51.2 Å². The van der Waals surface area contributed by atoms with E-state index in [1.807, 2.05) is 41.7 Å². The summed E-state index contributed by atoms with van der Waals surface area (Å²) in [5.74, 6) is 3.42. The molecule has 1 aliphatic rings. The maximum Gasteiger partial charge on any atom is 0.263 e. The van der Waals surface area contributed by atoms with Gasteiger partial charge in [0.25, 0.3) is 5.91 Å². The zero-order valence-corrected chi connectivity index (χ0v) is 16.1. The number of hydrogen-bond acceptors (Lipinski definition) is 5. The van der Waals surface area contributed by atoms with Crippen molar-refractivity contribution in [2.24, 2.45) is 0 Å². The molecule has 7 heteroatoms. The summed E-state index contributed by atoms with van der Waals surface area (Å²) in [5, 5.41) is 2.70. The van der Waals surface area contributed by atoms with Crippen molar-refractivity contribution in [3.63, 3.8) is 0 Å². The molecular formula is C17H17BrN2O2S2. The molecule has 1 N–H and O–H groups in total. The molecule has 1 aromatic heterocycles. The Morgan fingerprint density at radius 3 is 2.62 bits per heavy atom.